The van der Waals surface area contributed by atoms with E-state index in [1.165, 1.54) is 7.11 Å². The average Bonchev–Trinajstić information content (AvgIpc) is 2.80. The number of esters is 2. The van der Waals surface area contributed by atoms with Gasteiger partial charge >= 0.3 is 11.9 Å². The highest BCUT2D eigenvalue weighted by atomic mass is 16.5. The van der Waals surface area contributed by atoms with Crippen LogP contribution in [-0.4, -0.2) is 25.7 Å². The number of fused-ring (bicyclic) bond motifs is 1. The fourth-order valence-corrected chi connectivity index (χ4v) is 2.77. The molecule has 2 aliphatic carbocycles. The summed E-state index contributed by atoms with van der Waals surface area (Å²) in [5, 5.41) is 0. The molecule has 0 aromatic heterocycles. The van der Waals surface area contributed by atoms with Crippen LogP contribution >= 0.6 is 0 Å². The van der Waals surface area contributed by atoms with Crippen molar-refractivity contribution in [3.63, 3.8) is 0 Å². The third-order valence-electron chi connectivity index (χ3n) is 4.04. The highest BCUT2D eigenvalue weighted by Gasteiger charge is 2.20. The van der Waals surface area contributed by atoms with Crippen LogP contribution in [0.2, 0.25) is 0 Å². The summed E-state index contributed by atoms with van der Waals surface area (Å²) in [7, 11) is 1.38. The number of ether oxygens (including phenoxy) is 2. The summed E-state index contributed by atoms with van der Waals surface area (Å²) in [4.78, 5) is 23.7. The van der Waals surface area contributed by atoms with Crippen molar-refractivity contribution in [1.82, 2.24) is 0 Å². The van der Waals surface area contributed by atoms with Gasteiger partial charge in [0.05, 0.1) is 25.7 Å². The molecule has 4 heteroatoms. The number of hydrogen-bond acceptors (Lipinski definition) is 4. The molecule has 4 nitrogen and oxygen atoms in total. The first kappa shape index (κ1) is 18.0. The van der Waals surface area contributed by atoms with Crippen LogP contribution in [0, 0.1) is 0 Å². The van der Waals surface area contributed by atoms with E-state index in [0.29, 0.717) is 12.2 Å². The Hall–Kier alpha value is -2.36. The van der Waals surface area contributed by atoms with Gasteiger partial charge in [-0.25, -0.2) is 4.79 Å². The molecule has 0 bridgehead atoms. The summed E-state index contributed by atoms with van der Waals surface area (Å²) in [6, 6.07) is 9.62. The van der Waals surface area contributed by atoms with Crippen molar-refractivity contribution in [3.8, 4) is 11.1 Å². The predicted octanol–water partition coefficient (Wildman–Crippen LogP) is 4.03. The van der Waals surface area contributed by atoms with Crippen molar-refractivity contribution in [2.45, 2.75) is 39.5 Å². The Morgan fingerprint density at radius 3 is 2.38 bits per heavy atom. The zero-order valence-corrected chi connectivity index (χ0v) is 14.6. The summed E-state index contributed by atoms with van der Waals surface area (Å²) in [6.45, 7) is 4.30. The fourth-order valence-electron chi connectivity index (χ4n) is 2.77. The van der Waals surface area contributed by atoms with E-state index in [0.717, 1.165) is 41.5 Å². The van der Waals surface area contributed by atoms with Crippen molar-refractivity contribution >= 4 is 11.9 Å². The van der Waals surface area contributed by atoms with Gasteiger partial charge in [-0.3, -0.25) is 4.79 Å². The summed E-state index contributed by atoms with van der Waals surface area (Å²) in [6.07, 6.45) is 3.29. The number of methoxy groups -OCH3 is 1. The molecule has 0 saturated heterocycles. The smallest absolute Gasteiger partial charge is 0.338 e. The molecule has 0 N–H and O–H groups in total. The van der Waals surface area contributed by atoms with Crippen LogP contribution in [0.4, 0.5) is 0 Å². The molecule has 0 unspecified atom stereocenters. The van der Waals surface area contributed by atoms with Gasteiger partial charge in [-0.05, 0) is 48.1 Å². The van der Waals surface area contributed by atoms with Crippen molar-refractivity contribution < 1.29 is 19.1 Å². The number of rotatable bonds is 7. The van der Waals surface area contributed by atoms with Crippen LogP contribution in [0.15, 0.2) is 30.3 Å². The second-order valence-corrected chi connectivity index (χ2v) is 5.73. The maximum absolute atomic E-state index is 12.3. The molecule has 0 spiro atoms. The average molecular weight is 328 g/mol. The van der Waals surface area contributed by atoms with Gasteiger partial charge in [0.1, 0.15) is 0 Å². The standard InChI is InChI=1S/C20H24O4/c1-4-6-7-15-13-18(20(22)24-5-2)17-11-9-14(8-10-16(15)17)12-19(21)23-3/h8-11,13H,4-7,12H2,1-3H3. The molecule has 128 valence electrons. The molecule has 0 heterocycles. The van der Waals surface area contributed by atoms with E-state index >= 15 is 0 Å². The molecule has 0 aromatic rings. The van der Waals surface area contributed by atoms with Crippen LogP contribution in [0.1, 0.15) is 48.2 Å². The van der Waals surface area contributed by atoms with Crippen molar-refractivity contribution in [3.05, 3.63) is 47.0 Å². The molecule has 0 saturated carbocycles. The molecule has 0 fully saturated rings. The summed E-state index contributed by atoms with van der Waals surface area (Å²) in [5.41, 5.74) is 4.51. The minimum absolute atomic E-state index is 0.215. The number of carbonyl (C=O) groups is 2. The monoisotopic (exact) mass is 328 g/mol. The maximum Gasteiger partial charge on any atom is 0.338 e. The number of hydrogen-bond donors (Lipinski definition) is 0. The SMILES string of the molecule is CCCCc1cc(C(=O)OCC)c2ccc(CC(=O)OC)ccc1-2. The molecule has 0 radical (unpaired) electrons. The van der Waals surface area contributed by atoms with Crippen LogP contribution in [0.25, 0.3) is 11.1 Å². The lowest BCUT2D eigenvalue weighted by Gasteiger charge is -2.02. The number of carbonyl (C=O) groups excluding carboxylic acids is 2. The second-order valence-electron chi connectivity index (χ2n) is 5.73. The van der Waals surface area contributed by atoms with Gasteiger partial charge in [-0.2, -0.15) is 0 Å². The maximum atomic E-state index is 12.3. The first-order valence-electron chi connectivity index (χ1n) is 8.39. The molecule has 0 atom stereocenters. The second kappa shape index (κ2) is 8.48. The highest BCUT2D eigenvalue weighted by Crippen LogP contribution is 2.34. The van der Waals surface area contributed by atoms with Crippen LogP contribution in [0.5, 0.6) is 0 Å². The largest absolute Gasteiger partial charge is 0.469 e. The van der Waals surface area contributed by atoms with E-state index in [-0.39, 0.29) is 18.4 Å². The van der Waals surface area contributed by atoms with Crippen LogP contribution < -0.4 is 0 Å². The molecule has 0 aliphatic heterocycles. The van der Waals surface area contributed by atoms with Gasteiger partial charge < -0.3 is 9.47 Å². The van der Waals surface area contributed by atoms with Crippen molar-refractivity contribution in [2.75, 3.05) is 13.7 Å². The predicted molar refractivity (Wildman–Crippen MR) is 93.4 cm³/mol. The Kier molecular flexibility index (Phi) is 6.36. The molecule has 0 aromatic carbocycles. The van der Waals surface area contributed by atoms with Gasteiger partial charge in [0.2, 0.25) is 0 Å². The van der Waals surface area contributed by atoms with E-state index in [1.54, 1.807) is 6.92 Å². The Balaban J connectivity index is 2.46. The molecular weight excluding hydrogens is 304 g/mol. The Bertz CT molecular complexity index is 690. The lowest BCUT2D eigenvalue weighted by molar-refractivity contribution is -0.139. The third kappa shape index (κ3) is 4.13. The Morgan fingerprint density at radius 2 is 1.75 bits per heavy atom. The summed E-state index contributed by atoms with van der Waals surface area (Å²) in [5.74, 6) is -0.580. The van der Waals surface area contributed by atoms with Crippen molar-refractivity contribution in [1.29, 1.82) is 0 Å². The molecule has 0 amide bonds. The van der Waals surface area contributed by atoms with Gasteiger partial charge in [0.25, 0.3) is 0 Å². The van der Waals surface area contributed by atoms with E-state index in [2.05, 4.69) is 6.92 Å². The van der Waals surface area contributed by atoms with Crippen LogP contribution in [0.3, 0.4) is 0 Å². The van der Waals surface area contributed by atoms with Crippen molar-refractivity contribution in [2.24, 2.45) is 0 Å². The van der Waals surface area contributed by atoms with E-state index in [1.807, 2.05) is 30.3 Å². The number of aryl methyl sites for hydroxylation is 1. The highest BCUT2D eigenvalue weighted by molar-refractivity contribution is 6.00. The molecule has 24 heavy (non-hydrogen) atoms. The molecular formula is C20H24O4. The lowest BCUT2D eigenvalue weighted by atomic mass is 10.0. The molecule has 2 rings (SSSR count). The normalized spacial score (nSPS) is 10.6. The topological polar surface area (TPSA) is 52.6 Å². The zero-order valence-electron chi connectivity index (χ0n) is 14.6. The van der Waals surface area contributed by atoms with E-state index in [9.17, 15) is 9.59 Å². The van der Waals surface area contributed by atoms with Gasteiger partial charge in [0.15, 0.2) is 0 Å². The van der Waals surface area contributed by atoms with Gasteiger partial charge in [-0.1, -0.05) is 37.6 Å². The zero-order chi connectivity index (χ0) is 17.5. The quantitative estimate of drug-likeness (QED) is 0.720. The van der Waals surface area contributed by atoms with Gasteiger partial charge in [-0.15, -0.1) is 0 Å². The molecule has 2 aliphatic rings. The van der Waals surface area contributed by atoms with Gasteiger partial charge in [0, 0.05) is 0 Å². The minimum atomic E-state index is -0.300. The lowest BCUT2D eigenvalue weighted by Crippen LogP contribution is -2.04. The summed E-state index contributed by atoms with van der Waals surface area (Å²) < 4.78 is 9.91. The minimum Gasteiger partial charge on any atom is -0.469 e. The first-order chi connectivity index (χ1) is 11.6. The van der Waals surface area contributed by atoms with Crippen LogP contribution in [-0.2, 0) is 27.1 Å². The fraction of sp³-hybridized carbons (Fsp3) is 0.400. The Labute approximate surface area is 143 Å². The summed E-state index contributed by atoms with van der Waals surface area (Å²) >= 11 is 0. The first-order valence-corrected chi connectivity index (χ1v) is 8.39. The van der Waals surface area contributed by atoms with E-state index in [4.69, 9.17) is 9.47 Å². The Morgan fingerprint density at radius 1 is 1.04 bits per heavy atom. The van der Waals surface area contributed by atoms with E-state index < -0.39 is 0 Å². The third-order valence-corrected chi connectivity index (χ3v) is 4.04. The number of unbranched alkanes of at least 4 members (excludes halogenated alkanes) is 1.